The summed E-state index contributed by atoms with van der Waals surface area (Å²) in [6.45, 7) is 1.74. The maximum Gasteiger partial charge on any atom is 0.295 e. The minimum absolute atomic E-state index is 0.149. The Labute approximate surface area is 106 Å². The smallest absolute Gasteiger partial charge is 0.295 e. The summed E-state index contributed by atoms with van der Waals surface area (Å²) < 4.78 is 1.12. The molecule has 0 aliphatic heterocycles. The quantitative estimate of drug-likeness (QED) is 0.828. The maximum atomic E-state index is 11.7. The summed E-state index contributed by atoms with van der Waals surface area (Å²) in [6, 6.07) is 7.50. The number of aromatic nitrogens is 3. The first-order chi connectivity index (χ1) is 7.65. The molecule has 0 saturated carbocycles. The van der Waals surface area contributed by atoms with Gasteiger partial charge in [0.2, 0.25) is 5.82 Å². The highest BCUT2D eigenvalue weighted by atomic mass is 127. The molecular formula is C10H9IN4O. The summed E-state index contributed by atoms with van der Waals surface area (Å²) in [4.78, 5) is 15.6. The van der Waals surface area contributed by atoms with Gasteiger partial charge in [0, 0.05) is 9.26 Å². The van der Waals surface area contributed by atoms with Gasteiger partial charge in [-0.2, -0.15) is 0 Å². The Morgan fingerprint density at radius 3 is 2.62 bits per heavy atom. The van der Waals surface area contributed by atoms with E-state index >= 15 is 0 Å². The number of nitrogens with zero attached hydrogens (tertiary/aromatic N) is 2. The molecule has 0 fully saturated rings. The van der Waals surface area contributed by atoms with Gasteiger partial charge in [-0.25, -0.2) is 4.98 Å². The zero-order valence-corrected chi connectivity index (χ0v) is 10.6. The Morgan fingerprint density at radius 2 is 2.06 bits per heavy atom. The standard InChI is InChI=1S/C10H9IN4O/c1-6-12-9(15-14-6)10(16)13-8-4-2-7(11)3-5-8/h2-5H,1H3,(H,13,16)(H,12,14,15). The molecule has 16 heavy (non-hydrogen) atoms. The molecule has 0 atom stereocenters. The van der Waals surface area contributed by atoms with E-state index in [4.69, 9.17) is 0 Å². The van der Waals surface area contributed by atoms with E-state index < -0.39 is 0 Å². The van der Waals surface area contributed by atoms with Crippen LogP contribution < -0.4 is 5.32 Å². The van der Waals surface area contributed by atoms with Crippen molar-refractivity contribution in [2.24, 2.45) is 0 Å². The number of hydrogen-bond donors (Lipinski definition) is 2. The Bertz CT molecular complexity index is 506. The molecule has 0 spiro atoms. The summed E-state index contributed by atoms with van der Waals surface area (Å²) in [6.07, 6.45) is 0. The van der Waals surface area contributed by atoms with Crippen molar-refractivity contribution in [3.63, 3.8) is 0 Å². The van der Waals surface area contributed by atoms with Crippen LogP contribution in [-0.2, 0) is 0 Å². The lowest BCUT2D eigenvalue weighted by Crippen LogP contribution is -2.13. The number of amides is 1. The molecule has 1 heterocycles. The number of aromatic amines is 1. The molecule has 0 saturated heterocycles. The van der Waals surface area contributed by atoms with Crippen LogP contribution in [0.25, 0.3) is 0 Å². The molecule has 82 valence electrons. The lowest BCUT2D eigenvalue weighted by molar-refractivity contribution is 0.101. The minimum Gasteiger partial charge on any atom is -0.319 e. The van der Waals surface area contributed by atoms with E-state index in [9.17, 15) is 4.79 Å². The number of nitrogens with one attached hydrogen (secondary N) is 2. The van der Waals surface area contributed by atoms with Crippen LogP contribution in [0.3, 0.4) is 0 Å². The summed E-state index contributed by atoms with van der Waals surface area (Å²) in [5.74, 6) is 0.453. The lowest BCUT2D eigenvalue weighted by atomic mass is 10.3. The second-order valence-electron chi connectivity index (χ2n) is 3.21. The third-order valence-corrected chi connectivity index (χ3v) is 2.62. The van der Waals surface area contributed by atoms with Crippen LogP contribution in [-0.4, -0.2) is 21.1 Å². The fourth-order valence-corrected chi connectivity index (χ4v) is 1.52. The molecule has 1 amide bonds. The van der Waals surface area contributed by atoms with Crippen molar-refractivity contribution in [2.45, 2.75) is 6.92 Å². The van der Waals surface area contributed by atoms with Crippen LogP contribution in [0, 0.1) is 10.5 Å². The predicted octanol–water partition coefficient (Wildman–Crippen LogP) is 1.97. The Kier molecular flexibility index (Phi) is 3.18. The number of aryl methyl sites for hydroxylation is 1. The third kappa shape index (κ3) is 2.57. The Hall–Kier alpha value is -1.44. The second kappa shape index (κ2) is 4.60. The first-order valence-corrected chi connectivity index (χ1v) is 5.69. The van der Waals surface area contributed by atoms with Crippen LogP contribution >= 0.6 is 22.6 Å². The summed E-state index contributed by atoms with van der Waals surface area (Å²) >= 11 is 2.20. The summed E-state index contributed by atoms with van der Waals surface area (Å²) in [5.41, 5.74) is 0.730. The van der Waals surface area contributed by atoms with Gasteiger partial charge in [-0.15, -0.1) is 5.10 Å². The normalized spacial score (nSPS) is 10.1. The van der Waals surface area contributed by atoms with Crippen molar-refractivity contribution < 1.29 is 4.79 Å². The molecule has 0 bridgehead atoms. The highest BCUT2D eigenvalue weighted by Gasteiger charge is 2.10. The molecule has 5 nitrogen and oxygen atoms in total. The molecule has 2 aromatic rings. The zero-order valence-electron chi connectivity index (χ0n) is 8.49. The van der Waals surface area contributed by atoms with Crippen LogP contribution in [0.15, 0.2) is 24.3 Å². The van der Waals surface area contributed by atoms with E-state index in [-0.39, 0.29) is 11.7 Å². The first kappa shape index (κ1) is 11.1. The minimum atomic E-state index is -0.314. The lowest BCUT2D eigenvalue weighted by Gasteiger charge is -2.01. The second-order valence-corrected chi connectivity index (χ2v) is 4.45. The number of benzene rings is 1. The predicted molar refractivity (Wildman–Crippen MR) is 68.2 cm³/mol. The van der Waals surface area contributed by atoms with Crippen LogP contribution in [0.5, 0.6) is 0 Å². The van der Waals surface area contributed by atoms with E-state index in [0.29, 0.717) is 5.82 Å². The number of carbonyl (C=O) groups excluding carboxylic acids is 1. The van der Waals surface area contributed by atoms with Crippen molar-refractivity contribution in [3.8, 4) is 0 Å². The molecule has 0 aliphatic carbocycles. The molecule has 0 unspecified atom stereocenters. The summed E-state index contributed by atoms with van der Waals surface area (Å²) in [5, 5.41) is 9.11. The van der Waals surface area contributed by atoms with Gasteiger partial charge >= 0.3 is 0 Å². The number of H-pyrrole nitrogens is 1. The Balaban J connectivity index is 2.10. The molecule has 6 heteroatoms. The van der Waals surface area contributed by atoms with Gasteiger partial charge < -0.3 is 5.32 Å². The van der Waals surface area contributed by atoms with Gasteiger partial charge in [-0.3, -0.25) is 9.89 Å². The van der Waals surface area contributed by atoms with E-state index in [1.54, 1.807) is 6.92 Å². The highest BCUT2D eigenvalue weighted by Crippen LogP contribution is 2.11. The fraction of sp³-hybridized carbons (Fsp3) is 0.100. The number of carbonyl (C=O) groups is 1. The van der Waals surface area contributed by atoms with Crippen molar-refractivity contribution in [1.82, 2.24) is 15.2 Å². The molecule has 0 aliphatic rings. The molecule has 1 aromatic heterocycles. The highest BCUT2D eigenvalue weighted by molar-refractivity contribution is 14.1. The van der Waals surface area contributed by atoms with Crippen molar-refractivity contribution in [2.75, 3.05) is 5.32 Å². The van der Waals surface area contributed by atoms with Gasteiger partial charge in [0.1, 0.15) is 5.82 Å². The molecule has 2 N–H and O–H groups in total. The van der Waals surface area contributed by atoms with E-state index in [1.807, 2.05) is 24.3 Å². The van der Waals surface area contributed by atoms with Gasteiger partial charge in [0.05, 0.1) is 0 Å². The van der Waals surface area contributed by atoms with E-state index in [0.717, 1.165) is 9.26 Å². The largest absolute Gasteiger partial charge is 0.319 e. The Morgan fingerprint density at radius 1 is 1.38 bits per heavy atom. The summed E-state index contributed by atoms with van der Waals surface area (Å²) in [7, 11) is 0. The topological polar surface area (TPSA) is 70.7 Å². The van der Waals surface area contributed by atoms with Crippen molar-refractivity contribution in [1.29, 1.82) is 0 Å². The molecule has 2 rings (SSSR count). The van der Waals surface area contributed by atoms with Crippen LogP contribution in [0.4, 0.5) is 5.69 Å². The SMILES string of the molecule is Cc1nc(C(=O)Nc2ccc(I)cc2)n[nH]1. The number of hydrogen-bond acceptors (Lipinski definition) is 3. The average Bonchev–Trinajstić information content (AvgIpc) is 2.68. The van der Waals surface area contributed by atoms with Crippen molar-refractivity contribution in [3.05, 3.63) is 39.5 Å². The van der Waals surface area contributed by atoms with Gasteiger partial charge in [0.25, 0.3) is 5.91 Å². The van der Waals surface area contributed by atoms with E-state index in [1.165, 1.54) is 0 Å². The van der Waals surface area contributed by atoms with Crippen LogP contribution in [0.2, 0.25) is 0 Å². The zero-order chi connectivity index (χ0) is 11.5. The third-order valence-electron chi connectivity index (χ3n) is 1.90. The number of halogens is 1. The number of anilines is 1. The first-order valence-electron chi connectivity index (χ1n) is 4.61. The molecule has 0 radical (unpaired) electrons. The van der Waals surface area contributed by atoms with Gasteiger partial charge in [0.15, 0.2) is 0 Å². The molecular weight excluding hydrogens is 319 g/mol. The van der Waals surface area contributed by atoms with Crippen LogP contribution in [0.1, 0.15) is 16.4 Å². The van der Waals surface area contributed by atoms with Crippen molar-refractivity contribution >= 4 is 34.2 Å². The van der Waals surface area contributed by atoms with Gasteiger partial charge in [-0.05, 0) is 53.8 Å². The monoisotopic (exact) mass is 328 g/mol. The number of rotatable bonds is 2. The van der Waals surface area contributed by atoms with E-state index in [2.05, 4.69) is 43.1 Å². The maximum absolute atomic E-state index is 11.7. The van der Waals surface area contributed by atoms with Gasteiger partial charge in [-0.1, -0.05) is 0 Å². The molecule has 1 aromatic carbocycles. The fourth-order valence-electron chi connectivity index (χ4n) is 1.16. The average molecular weight is 328 g/mol.